The highest BCUT2D eigenvalue weighted by atomic mass is 19.4. The van der Waals surface area contributed by atoms with Gasteiger partial charge in [-0.15, -0.1) is 0 Å². The second-order valence-corrected chi connectivity index (χ2v) is 11.2. The summed E-state index contributed by atoms with van der Waals surface area (Å²) >= 11 is 0. The molecule has 41 heavy (non-hydrogen) atoms. The highest BCUT2D eigenvalue weighted by Crippen LogP contribution is 2.48. The predicted octanol–water partition coefficient (Wildman–Crippen LogP) is 6.60. The molecule has 1 aliphatic carbocycles. The van der Waals surface area contributed by atoms with Crippen LogP contribution in [0.15, 0.2) is 48.7 Å². The van der Waals surface area contributed by atoms with Gasteiger partial charge in [0, 0.05) is 30.0 Å². The number of amides is 1. The molecule has 11 heteroatoms. The van der Waals surface area contributed by atoms with E-state index in [2.05, 4.69) is 15.6 Å². The third kappa shape index (κ3) is 8.40. The van der Waals surface area contributed by atoms with Gasteiger partial charge in [-0.25, -0.2) is 9.37 Å². The lowest BCUT2D eigenvalue weighted by Gasteiger charge is -2.22. The van der Waals surface area contributed by atoms with Gasteiger partial charge in [-0.2, -0.15) is 13.2 Å². The number of anilines is 1. The maximum Gasteiger partial charge on any atom is 0.416 e. The van der Waals surface area contributed by atoms with Crippen LogP contribution in [0.2, 0.25) is 0 Å². The Hall–Kier alpha value is -3.70. The standard InChI is InChI=1S/C30H33F4N3O4/c1-17-11-19(31)7-8-25(17)41-26-14-22(18-5-6-18)24(30(32,33)34)13-23(26)28(39)37-20-9-10-35-27(12-20)40-16-21(38)15-36-29(2,3)4/h7-14,18,21,36,38H,5-6,15-16H2,1-4H3,(H,35,37,39). The maximum absolute atomic E-state index is 14.0. The van der Waals surface area contributed by atoms with Crippen molar-refractivity contribution in [3.63, 3.8) is 0 Å². The first-order valence-corrected chi connectivity index (χ1v) is 13.2. The van der Waals surface area contributed by atoms with Gasteiger partial charge in [0.1, 0.15) is 30.0 Å². The molecule has 1 fully saturated rings. The van der Waals surface area contributed by atoms with Crippen LogP contribution in [0, 0.1) is 12.7 Å². The largest absolute Gasteiger partial charge is 0.475 e. The van der Waals surface area contributed by atoms with Gasteiger partial charge >= 0.3 is 6.18 Å². The number of ether oxygens (including phenoxy) is 2. The molecular weight excluding hydrogens is 542 g/mol. The van der Waals surface area contributed by atoms with Gasteiger partial charge < -0.3 is 25.2 Å². The van der Waals surface area contributed by atoms with Crippen LogP contribution < -0.4 is 20.1 Å². The topological polar surface area (TPSA) is 92.7 Å². The number of rotatable bonds is 10. The molecule has 1 atom stereocenters. The quantitative estimate of drug-likeness (QED) is 0.236. The Bertz CT molecular complexity index is 1400. The van der Waals surface area contributed by atoms with Crippen molar-refractivity contribution in [1.82, 2.24) is 10.3 Å². The molecule has 0 saturated heterocycles. The number of aliphatic hydroxyl groups excluding tert-OH is 1. The number of aromatic nitrogens is 1. The van der Waals surface area contributed by atoms with Gasteiger partial charge in [-0.1, -0.05) is 0 Å². The number of hydrogen-bond donors (Lipinski definition) is 3. The Labute approximate surface area is 235 Å². The molecule has 1 amide bonds. The molecule has 1 aliphatic rings. The van der Waals surface area contributed by atoms with Gasteiger partial charge in [0.2, 0.25) is 5.88 Å². The van der Waals surface area contributed by atoms with E-state index in [0.29, 0.717) is 18.4 Å². The van der Waals surface area contributed by atoms with Crippen molar-refractivity contribution in [3.05, 3.63) is 76.7 Å². The summed E-state index contributed by atoms with van der Waals surface area (Å²) in [5.74, 6) is -1.38. The molecular formula is C30H33F4N3O4. The van der Waals surface area contributed by atoms with Gasteiger partial charge in [0.05, 0.1) is 11.1 Å². The fourth-order valence-electron chi connectivity index (χ4n) is 4.11. The van der Waals surface area contributed by atoms with E-state index < -0.39 is 29.6 Å². The molecule has 0 bridgehead atoms. The molecule has 1 aromatic heterocycles. The van der Waals surface area contributed by atoms with Gasteiger partial charge in [0.15, 0.2) is 0 Å². The van der Waals surface area contributed by atoms with Crippen molar-refractivity contribution < 1.29 is 36.9 Å². The lowest BCUT2D eigenvalue weighted by atomic mass is 9.98. The van der Waals surface area contributed by atoms with Crippen molar-refractivity contribution >= 4 is 11.6 Å². The molecule has 1 heterocycles. The van der Waals surface area contributed by atoms with Crippen molar-refractivity contribution in [2.75, 3.05) is 18.5 Å². The van der Waals surface area contributed by atoms with Gasteiger partial charge in [-0.05, 0) is 94.0 Å². The van der Waals surface area contributed by atoms with Crippen LogP contribution in [-0.2, 0) is 6.18 Å². The molecule has 0 radical (unpaired) electrons. The first-order chi connectivity index (χ1) is 19.2. The van der Waals surface area contributed by atoms with Gasteiger partial charge in [-0.3, -0.25) is 4.79 Å². The fraction of sp³-hybridized carbons (Fsp3) is 0.400. The molecule has 0 aliphatic heterocycles. The molecule has 4 rings (SSSR count). The number of aryl methyl sites for hydroxylation is 1. The second-order valence-electron chi connectivity index (χ2n) is 11.2. The number of hydrogen-bond acceptors (Lipinski definition) is 6. The fourth-order valence-corrected chi connectivity index (χ4v) is 4.11. The van der Waals surface area contributed by atoms with E-state index in [1.54, 1.807) is 6.92 Å². The maximum atomic E-state index is 14.0. The van der Waals surface area contributed by atoms with Crippen LogP contribution >= 0.6 is 0 Å². The van der Waals surface area contributed by atoms with E-state index in [9.17, 15) is 27.5 Å². The molecule has 1 saturated carbocycles. The van der Waals surface area contributed by atoms with Crippen LogP contribution in [0.4, 0.5) is 23.2 Å². The lowest BCUT2D eigenvalue weighted by molar-refractivity contribution is -0.138. The third-order valence-electron chi connectivity index (χ3n) is 6.36. The van der Waals surface area contributed by atoms with Crippen molar-refractivity contribution in [2.24, 2.45) is 0 Å². The first-order valence-electron chi connectivity index (χ1n) is 13.2. The van der Waals surface area contributed by atoms with Crippen molar-refractivity contribution in [3.8, 4) is 17.4 Å². The Balaban J connectivity index is 1.59. The number of carbonyl (C=O) groups is 1. The number of alkyl halides is 3. The SMILES string of the molecule is Cc1cc(F)ccc1Oc1cc(C2CC2)c(C(F)(F)F)cc1C(=O)Nc1ccnc(OCC(O)CNC(C)(C)C)c1. The Morgan fingerprint density at radius 1 is 1.10 bits per heavy atom. The lowest BCUT2D eigenvalue weighted by Crippen LogP contribution is -2.42. The van der Waals surface area contributed by atoms with Crippen LogP contribution in [0.5, 0.6) is 17.4 Å². The number of benzene rings is 2. The highest BCUT2D eigenvalue weighted by molar-refractivity contribution is 6.06. The minimum absolute atomic E-state index is 0.0583. The summed E-state index contributed by atoms with van der Waals surface area (Å²) in [5, 5.41) is 15.9. The summed E-state index contributed by atoms with van der Waals surface area (Å²) in [6.45, 7) is 7.70. The zero-order chi connectivity index (χ0) is 29.9. The predicted molar refractivity (Wildman–Crippen MR) is 146 cm³/mol. The number of nitrogens with zero attached hydrogens (tertiary/aromatic N) is 1. The average Bonchev–Trinajstić information content (AvgIpc) is 3.72. The molecule has 1 unspecified atom stereocenters. The molecule has 3 aromatic rings. The third-order valence-corrected chi connectivity index (χ3v) is 6.36. The zero-order valence-electron chi connectivity index (χ0n) is 23.2. The smallest absolute Gasteiger partial charge is 0.416 e. The van der Waals surface area contributed by atoms with E-state index in [1.807, 2.05) is 20.8 Å². The molecule has 220 valence electrons. The number of β-amino-alcohol motifs (C(OH)–C–C–N with tert-alkyl or cyclic N) is 1. The number of aliphatic hydroxyl groups is 1. The Morgan fingerprint density at radius 3 is 2.46 bits per heavy atom. The van der Waals surface area contributed by atoms with E-state index >= 15 is 0 Å². The van der Waals surface area contributed by atoms with Gasteiger partial charge in [0.25, 0.3) is 5.91 Å². The Kier molecular flexibility index (Phi) is 8.89. The second kappa shape index (κ2) is 12.0. The zero-order valence-corrected chi connectivity index (χ0v) is 23.2. The van der Waals surface area contributed by atoms with E-state index in [0.717, 1.165) is 6.07 Å². The van der Waals surface area contributed by atoms with Crippen molar-refractivity contribution in [1.29, 1.82) is 0 Å². The Morgan fingerprint density at radius 2 is 1.83 bits per heavy atom. The summed E-state index contributed by atoms with van der Waals surface area (Å²) in [5.41, 5.74) is -0.739. The molecule has 3 N–H and O–H groups in total. The number of carbonyl (C=O) groups excluding carboxylic acids is 1. The molecule has 7 nitrogen and oxygen atoms in total. The molecule has 2 aromatic carbocycles. The average molecular weight is 576 g/mol. The normalized spacial score (nSPS) is 14.5. The van der Waals surface area contributed by atoms with E-state index in [1.165, 1.54) is 42.6 Å². The van der Waals surface area contributed by atoms with E-state index in [4.69, 9.17) is 9.47 Å². The summed E-state index contributed by atoms with van der Waals surface area (Å²) in [4.78, 5) is 17.4. The van der Waals surface area contributed by atoms with Crippen LogP contribution in [0.1, 0.15) is 66.6 Å². The number of halogens is 4. The van der Waals surface area contributed by atoms with Crippen LogP contribution in [-0.4, -0.2) is 40.8 Å². The number of nitrogens with one attached hydrogen (secondary N) is 2. The van der Waals surface area contributed by atoms with Crippen LogP contribution in [0.25, 0.3) is 0 Å². The highest BCUT2D eigenvalue weighted by Gasteiger charge is 2.40. The summed E-state index contributed by atoms with van der Waals surface area (Å²) < 4.78 is 67.2. The van der Waals surface area contributed by atoms with Crippen LogP contribution in [0.3, 0.4) is 0 Å². The minimum atomic E-state index is -4.68. The van der Waals surface area contributed by atoms with Crippen molar-refractivity contribution in [2.45, 2.75) is 64.3 Å². The summed E-state index contributed by atoms with van der Waals surface area (Å²) in [6.07, 6.45) is -2.94. The first kappa shape index (κ1) is 30.3. The summed E-state index contributed by atoms with van der Waals surface area (Å²) in [6, 6.07) is 8.67. The summed E-state index contributed by atoms with van der Waals surface area (Å²) in [7, 11) is 0. The minimum Gasteiger partial charge on any atom is -0.475 e. The van der Waals surface area contributed by atoms with E-state index in [-0.39, 0.29) is 58.8 Å². The molecule has 0 spiro atoms. The monoisotopic (exact) mass is 575 g/mol. The number of pyridine rings is 1.